The Kier molecular flexibility index (Phi) is 7.76. The monoisotopic (exact) mass is 374 g/mol. The van der Waals surface area contributed by atoms with Gasteiger partial charge < -0.3 is 20.1 Å². The molecule has 0 aliphatic heterocycles. The van der Waals surface area contributed by atoms with Crippen molar-refractivity contribution in [2.45, 2.75) is 26.1 Å². The van der Waals surface area contributed by atoms with E-state index >= 15 is 0 Å². The van der Waals surface area contributed by atoms with Crippen molar-refractivity contribution in [3.05, 3.63) is 65.5 Å². The summed E-state index contributed by atoms with van der Waals surface area (Å²) in [6, 6.07) is 12.7. The van der Waals surface area contributed by atoms with E-state index in [0.717, 1.165) is 11.1 Å². The summed E-state index contributed by atoms with van der Waals surface area (Å²) in [6.45, 7) is 2.02. The van der Waals surface area contributed by atoms with Crippen molar-refractivity contribution in [2.75, 3.05) is 13.7 Å². The van der Waals surface area contributed by atoms with Crippen molar-refractivity contribution in [3.8, 4) is 5.75 Å². The predicted molar refractivity (Wildman–Crippen MR) is 98.5 cm³/mol. The number of carbonyl (C=O) groups is 2. The van der Waals surface area contributed by atoms with E-state index in [4.69, 9.17) is 9.47 Å². The topological polar surface area (TPSA) is 76.7 Å². The number of nitrogens with one attached hydrogen (secondary N) is 2. The number of methoxy groups -OCH3 is 1. The highest BCUT2D eigenvalue weighted by molar-refractivity contribution is 5.86. The minimum Gasteiger partial charge on any atom is -0.489 e. The maximum Gasteiger partial charge on any atom is 0.245 e. The van der Waals surface area contributed by atoms with Crippen LogP contribution in [-0.2, 0) is 27.5 Å². The van der Waals surface area contributed by atoms with Crippen LogP contribution in [0.4, 0.5) is 4.39 Å². The number of hydrogen-bond donors (Lipinski definition) is 2. The molecule has 0 fully saturated rings. The number of halogens is 1. The minimum absolute atomic E-state index is 0.0955. The van der Waals surface area contributed by atoms with Gasteiger partial charge in [0.1, 0.15) is 24.2 Å². The SMILES string of the molecule is COC[C@H](NC(C)=O)C(=O)NCc1ccc(OCc2cccc(F)c2)cc1. The number of carbonyl (C=O) groups excluding carboxylic acids is 2. The Morgan fingerprint density at radius 3 is 2.48 bits per heavy atom. The lowest BCUT2D eigenvalue weighted by atomic mass is 10.2. The minimum atomic E-state index is -0.735. The van der Waals surface area contributed by atoms with E-state index in [1.54, 1.807) is 24.3 Å². The lowest BCUT2D eigenvalue weighted by Crippen LogP contribution is -2.48. The molecular weight excluding hydrogens is 351 g/mol. The first-order valence-corrected chi connectivity index (χ1v) is 8.48. The van der Waals surface area contributed by atoms with Crippen molar-refractivity contribution in [2.24, 2.45) is 0 Å². The highest BCUT2D eigenvalue weighted by Crippen LogP contribution is 2.14. The summed E-state index contributed by atoms with van der Waals surface area (Å²) in [6.07, 6.45) is 0. The smallest absolute Gasteiger partial charge is 0.245 e. The maximum absolute atomic E-state index is 13.1. The van der Waals surface area contributed by atoms with Crippen LogP contribution in [0.2, 0.25) is 0 Å². The maximum atomic E-state index is 13.1. The van der Waals surface area contributed by atoms with Crippen LogP contribution in [0.3, 0.4) is 0 Å². The molecule has 6 nitrogen and oxygen atoms in total. The molecule has 0 bridgehead atoms. The normalized spacial score (nSPS) is 11.5. The van der Waals surface area contributed by atoms with Gasteiger partial charge in [0.2, 0.25) is 11.8 Å². The van der Waals surface area contributed by atoms with Crippen LogP contribution in [0, 0.1) is 5.82 Å². The molecule has 2 amide bonds. The second kappa shape index (κ2) is 10.3. The fraction of sp³-hybridized carbons (Fsp3) is 0.300. The first-order chi connectivity index (χ1) is 13.0. The highest BCUT2D eigenvalue weighted by atomic mass is 19.1. The molecule has 27 heavy (non-hydrogen) atoms. The summed E-state index contributed by atoms with van der Waals surface area (Å²) in [7, 11) is 1.46. The third kappa shape index (κ3) is 7.07. The number of hydrogen-bond acceptors (Lipinski definition) is 4. The van der Waals surface area contributed by atoms with Gasteiger partial charge in [-0.05, 0) is 35.4 Å². The molecule has 0 spiro atoms. The van der Waals surface area contributed by atoms with Crippen LogP contribution < -0.4 is 15.4 Å². The van der Waals surface area contributed by atoms with Crippen molar-refractivity contribution < 1.29 is 23.5 Å². The van der Waals surface area contributed by atoms with Gasteiger partial charge in [-0.25, -0.2) is 4.39 Å². The molecule has 2 rings (SSSR count). The van der Waals surface area contributed by atoms with E-state index in [9.17, 15) is 14.0 Å². The zero-order chi connectivity index (χ0) is 19.6. The fourth-order valence-corrected chi connectivity index (χ4v) is 2.40. The molecule has 2 aromatic rings. The second-order valence-corrected chi connectivity index (χ2v) is 5.99. The number of amides is 2. The van der Waals surface area contributed by atoms with Crippen molar-refractivity contribution in [3.63, 3.8) is 0 Å². The first-order valence-electron chi connectivity index (χ1n) is 8.48. The number of benzene rings is 2. The standard InChI is InChI=1S/C20H23FN2O4/c1-14(24)23-19(13-26-2)20(25)22-11-15-6-8-18(9-7-15)27-12-16-4-3-5-17(21)10-16/h3-10,19H,11-13H2,1-2H3,(H,22,25)(H,23,24)/t19-/m0/s1. The van der Waals surface area contributed by atoms with E-state index in [0.29, 0.717) is 12.3 Å². The average molecular weight is 374 g/mol. The van der Waals surface area contributed by atoms with Gasteiger partial charge in [0.25, 0.3) is 0 Å². The van der Waals surface area contributed by atoms with Gasteiger partial charge in [-0.1, -0.05) is 24.3 Å². The average Bonchev–Trinajstić information content (AvgIpc) is 2.64. The summed E-state index contributed by atoms with van der Waals surface area (Å²) in [5.74, 6) is -0.274. The largest absolute Gasteiger partial charge is 0.489 e. The van der Waals surface area contributed by atoms with E-state index in [1.165, 1.54) is 26.2 Å². The quantitative estimate of drug-likeness (QED) is 0.705. The number of ether oxygens (including phenoxy) is 2. The van der Waals surface area contributed by atoms with Crippen molar-refractivity contribution in [1.29, 1.82) is 0 Å². The second-order valence-electron chi connectivity index (χ2n) is 5.99. The van der Waals surface area contributed by atoms with E-state index < -0.39 is 6.04 Å². The molecule has 0 aliphatic carbocycles. The van der Waals surface area contributed by atoms with Gasteiger partial charge in [-0.3, -0.25) is 9.59 Å². The molecule has 144 valence electrons. The molecule has 2 aromatic carbocycles. The van der Waals surface area contributed by atoms with Gasteiger partial charge in [0.05, 0.1) is 6.61 Å². The Labute approximate surface area is 157 Å². The van der Waals surface area contributed by atoms with Gasteiger partial charge in [-0.2, -0.15) is 0 Å². The molecule has 7 heteroatoms. The summed E-state index contributed by atoms with van der Waals surface area (Å²) in [4.78, 5) is 23.3. The Morgan fingerprint density at radius 1 is 1.11 bits per heavy atom. The van der Waals surface area contributed by atoms with Crippen molar-refractivity contribution >= 4 is 11.8 Å². The lowest BCUT2D eigenvalue weighted by Gasteiger charge is -2.16. The van der Waals surface area contributed by atoms with Crippen LogP contribution in [0.15, 0.2) is 48.5 Å². The van der Waals surface area contributed by atoms with E-state index in [-0.39, 0.29) is 30.8 Å². The molecule has 0 aromatic heterocycles. The summed E-state index contributed by atoms with van der Waals surface area (Å²) < 4.78 is 23.7. The summed E-state index contributed by atoms with van der Waals surface area (Å²) in [5.41, 5.74) is 1.62. The molecule has 0 saturated heterocycles. The fourth-order valence-electron chi connectivity index (χ4n) is 2.40. The Hall–Kier alpha value is -2.93. The molecule has 0 aliphatic rings. The highest BCUT2D eigenvalue weighted by Gasteiger charge is 2.18. The summed E-state index contributed by atoms with van der Waals surface area (Å²) >= 11 is 0. The third-order valence-electron chi connectivity index (χ3n) is 3.71. The summed E-state index contributed by atoms with van der Waals surface area (Å²) in [5, 5.41) is 5.30. The van der Waals surface area contributed by atoms with Crippen LogP contribution in [0.5, 0.6) is 5.75 Å². The zero-order valence-corrected chi connectivity index (χ0v) is 15.3. The van der Waals surface area contributed by atoms with Gasteiger partial charge in [-0.15, -0.1) is 0 Å². The van der Waals surface area contributed by atoms with E-state index in [2.05, 4.69) is 10.6 Å². The first kappa shape index (κ1) is 20.4. The van der Waals surface area contributed by atoms with Crippen LogP contribution in [0.1, 0.15) is 18.1 Å². The van der Waals surface area contributed by atoms with Gasteiger partial charge in [0.15, 0.2) is 0 Å². The van der Waals surface area contributed by atoms with Gasteiger partial charge in [0, 0.05) is 20.6 Å². The van der Waals surface area contributed by atoms with Crippen molar-refractivity contribution in [1.82, 2.24) is 10.6 Å². The third-order valence-corrected chi connectivity index (χ3v) is 3.71. The Morgan fingerprint density at radius 2 is 1.85 bits per heavy atom. The zero-order valence-electron chi connectivity index (χ0n) is 15.3. The van der Waals surface area contributed by atoms with Crippen LogP contribution >= 0.6 is 0 Å². The van der Waals surface area contributed by atoms with Crippen LogP contribution in [-0.4, -0.2) is 31.6 Å². The molecule has 1 atom stereocenters. The molecule has 0 heterocycles. The molecule has 0 saturated carbocycles. The lowest BCUT2D eigenvalue weighted by molar-refractivity contribution is -0.129. The number of rotatable bonds is 9. The van der Waals surface area contributed by atoms with E-state index in [1.807, 2.05) is 12.1 Å². The van der Waals surface area contributed by atoms with Gasteiger partial charge >= 0.3 is 0 Å². The molecular formula is C20H23FN2O4. The molecule has 0 unspecified atom stereocenters. The van der Waals surface area contributed by atoms with Crippen LogP contribution in [0.25, 0.3) is 0 Å². The molecule has 2 N–H and O–H groups in total. The Bertz CT molecular complexity index is 765. The Balaban J connectivity index is 1.84. The predicted octanol–water partition coefficient (Wildman–Crippen LogP) is 2.17. The molecule has 0 radical (unpaired) electrons.